The molecule has 1 aliphatic carbocycles. The van der Waals surface area contributed by atoms with Crippen molar-refractivity contribution < 1.29 is 17.9 Å². The predicted molar refractivity (Wildman–Crippen MR) is 73.3 cm³/mol. The molecule has 0 aromatic carbocycles. The first-order valence-electron chi connectivity index (χ1n) is 6.40. The van der Waals surface area contributed by atoms with Crippen LogP contribution < -0.4 is 9.44 Å². The van der Waals surface area contributed by atoms with E-state index in [1.807, 2.05) is 4.72 Å². The number of ether oxygens (including phenoxy) is 1. The van der Waals surface area contributed by atoms with E-state index in [0.717, 1.165) is 25.7 Å². The van der Waals surface area contributed by atoms with Crippen LogP contribution in [0.3, 0.4) is 0 Å². The van der Waals surface area contributed by atoms with Gasteiger partial charge in [0.2, 0.25) is 0 Å². The van der Waals surface area contributed by atoms with E-state index >= 15 is 0 Å². The summed E-state index contributed by atoms with van der Waals surface area (Å²) in [7, 11) is -3.85. The summed E-state index contributed by atoms with van der Waals surface area (Å²) in [4.78, 5) is 11.2. The van der Waals surface area contributed by atoms with Gasteiger partial charge in [-0.2, -0.15) is 13.1 Å². The van der Waals surface area contributed by atoms with Crippen LogP contribution in [0.15, 0.2) is 0 Å². The SMILES string of the molecule is CC(C)OC(=O)NS(=O)(=O)NCC1CCC(Cl)CC1. The van der Waals surface area contributed by atoms with E-state index in [-0.39, 0.29) is 17.4 Å². The van der Waals surface area contributed by atoms with Crippen LogP contribution in [0.25, 0.3) is 0 Å². The Kier molecular flexibility index (Phi) is 6.35. The summed E-state index contributed by atoms with van der Waals surface area (Å²) in [5, 5.41) is 0.201. The molecular formula is C11H21ClN2O4S. The Balaban J connectivity index is 2.32. The van der Waals surface area contributed by atoms with Gasteiger partial charge in [0.1, 0.15) is 0 Å². The van der Waals surface area contributed by atoms with Crippen molar-refractivity contribution in [2.45, 2.75) is 51.0 Å². The second-order valence-corrected chi connectivity index (χ2v) is 7.14. The van der Waals surface area contributed by atoms with Gasteiger partial charge in [0, 0.05) is 11.9 Å². The number of alkyl halides is 1. The minimum Gasteiger partial charge on any atom is -0.446 e. The lowest BCUT2D eigenvalue weighted by Crippen LogP contribution is -2.43. The quantitative estimate of drug-likeness (QED) is 0.757. The maximum atomic E-state index is 11.6. The third-order valence-corrected chi connectivity index (χ3v) is 4.32. The summed E-state index contributed by atoms with van der Waals surface area (Å²) in [5.41, 5.74) is 0. The number of nitrogens with one attached hydrogen (secondary N) is 2. The molecule has 2 N–H and O–H groups in total. The van der Waals surface area contributed by atoms with Gasteiger partial charge >= 0.3 is 16.3 Å². The number of amides is 1. The van der Waals surface area contributed by atoms with Crippen LogP contribution in [-0.4, -0.2) is 32.5 Å². The molecule has 6 nitrogen and oxygen atoms in total. The molecule has 1 amide bonds. The van der Waals surface area contributed by atoms with Gasteiger partial charge in [-0.3, -0.25) is 0 Å². The first-order chi connectivity index (χ1) is 8.78. The minimum absolute atomic E-state index is 0.201. The summed E-state index contributed by atoms with van der Waals surface area (Å²) in [5.74, 6) is 0.271. The monoisotopic (exact) mass is 312 g/mol. The summed E-state index contributed by atoms with van der Waals surface area (Å²) < 4.78 is 32.0. The Hall–Kier alpha value is -0.530. The number of halogens is 1. The average Bonchev–Trinajstić information content (AvgIpc) is 2.26. The summed E-state index contributed by atoms with van der Waals surface area (Å²) in [6, 6.07) is 0. The van der Waals surface area contributed by atoms with Crippen molar-refractivity contribution >= 4 is 27.9 Å². The molecular weight excluding hydrogens is 292 g/mol. The fourth-order valence-corrected chi connectivity index (χ4v) is 2.98. The van der Waals surface area contributed by atoms with Gasteiger partial charge in [-0.1, -0.05) is 0 Å². The zero-order valence-electron chi connectivity index (χ0n) is 11.2. The fourth-order valence-electron chi connectivity index (χ4n) is 1.94. The van der Waals surface area contributed by atoms with Crippen molar-refractivity contribution in [1.29, 1.82) is 0 Å². The van der Waals surface area contributed by atoms with Crippen LogP contribution in [0, 0.1) is 5.92 Å². The zero-order chi connectivity index (χ0) is 14.5. The van der Waals surface area contributed by atoms with E-state index < -0.39 is 16.3 Å². The van der Waals surface area contributed by atoms with E-state index in [1.165, 1.54) is 0 Å². The van der Waals surface area contributed by atoms with Crippen LogP contribution in [0.2, 0.25) is 0 Å². The molecule has 112 valence electrons. The normalized spacial score (nSPS) is 24.2. The molecule has 0 aromatic heterocycles. The van der Waals surface area contributed by atoms with Crippen LogP contribution in [0.1, 0.15) is 39.5 Å². The number of carbonyl (C=O) groups is 1. The molecule has 1 fully saturated rings. The highest BCUT2D eigenvalue weighted by Crippen LogP contribution is 2.26. The van der Waals surface area contributed by atoms with Gasteiger partial charge < -0.3 is 4.74 Å². The van der Waals surface area contributed by atoms with Crippen LogP contribution in [0.5, 0.6) is 0 Å². The van der Waals surface area contributed by atoms with Crippen LogP contribution in [0.4, 0.5) is 4.79 Å². The molecule has 0 radical (unpaired) electrons. The largest absolute Gasteiger partial charge is 0.446 e. The Morgan fingerprint density at radius 3 is 2.42 bits per heavy atom. The molecule has 8 heteroatoms. The molecule has 1 rings (SSSR count). The van der Waals surface area contributed by atoms with Gasteiger partial charge in [-0.05, 0) is 45.4 Å². The number of hydrogen-bond donors (Lipinski definition) is 2. The van der Waals surface area contributed by atoms with E-state index in [2.05, 4.69) is 4.72 Å². The third-order valence-electron chi connectivity index (χ3n) is 2.90. The Morgan fingerprint density at radius 1 is 1.32 bits per heavy atom. The second kappa shape index (κ2) is 7.31. The van der Waals surface area contributed by atoms with Crippen molar-refractivity contribution in [1.82, 2.24) is 9.44 Å². The van der Waals surface area contributed by atoms with Crippen molar-refractivity contribution in [3.05, 3.63) is 0 Å². The molecule has 0 aliphatic heterocycles. The molecule has 0 atom stereocenters. The van der Waals surface area contributed by atoms with Crippen molar-refractivity contribution in [3.8, 4) is 0 Å². The van der Waals surface area contributed by atoms with Crippen molar-refractivity contribution in [2.24, 2.45) is 5.92 Å². The highest BCUT2D eigenvalue weighted by molar-refractivity contribution is 7.88. The lowest BCUT2D eigenvalue weighted by Gasteiger charge is -2.24. The predicted octanol–water partition coefficient (Wildman–Crippen LogP) is 1.75. The molecule has 1 aliphatic rings. The van der Waals surface area contributed by atoms with Gasteiger partial charge in [-0.25, -0.2) is 9.52 Å². The Bertz CT molecular complexity index is 391. The topological polar surface area (TPSA) is 84.5 Å². The highest BCUT2D eigenvalue weighted by atomic mass is 35.5. The van der Waals surface area contributed by atoms with Gasteiger partial charge in [0.05, 0.1) is 6.10 Å². The minimum atomic E-state index is -3.85. The molecule has 0 bridgehead atoms. The van der Waals surface area contributed by atoms with Gasteiger partial charge in [0.15, 0.2) is 0 Å². The van der Waals surface area contributed by atoms with Gasteiger partial charge in [-0.15, -0.1) is 11.6 Å². The molecule has 1 saturated carbocycles. The number of rotatable bonds is 5. The molecule has 0 aromatic rings. The molecule has 0 unspecified atom stereocenters. The number of hydrogen-bond acceptors (Lipinski definition) is 4. The van der Waals surface area contributed by atoms with E-state index in [1.54, 1.807) is 13.8 Å². The zero-order valence-corrected chi connectivity index (χ0v) is 12.8. The lowest BCUT2D eigenvalue weighted by molar-refractivity contribution is 0.121. The smallest absolute Gasteiger partial charge is 0.422 e. The standard InChI is InChI=1S/C11H21ClN2O4S/c1-8(2)18-11(15)14-19(16,17)13-7-9-3-5-10(12)6-4-9/h8-10,13H,3-7H2,1-2H3,(H,14,15). The third kappa shape index (κ3) is 6.98. The molecule has 0 spiro atoms. The maximum Gasteiger partial charge on any atom is 0.422 e. The van der Waals surface area contributed by atoms with Crippen LogP contribution in [-0.2, 0) is 14.9 Å². The summed E-state index contributed by atoms with van der Waals surface area (Å²) >= 11 is 5.98. The summed E-state index contributed by atoms with van der Waals surface area (Å²) in [6.45, 7) is 3.60. The summed E-state index contributed by atoms with van der Waals surface area (Å²) in [6.07, 6.45) is 2.26. The van der Waals surface area contributed by atoms with Crippen LogP contribution >= 0.6 is 11.6 Å². The first-order valence-corrected chi connectivity index (χ1v) is 8.32. The average molecular weight is 313 g/mol. The Labute approximate surface area is 119 Å². The highest BCUT2D eigenvalue weighted by Gasteiger charge is 2.22. The van der Waals surface area contributed by atoms with Crippen molar-refractivity contribution in [2.75, 3.05) is 6.54 Å². The maximum absolute atomic E-state index is 11.6. The van der Waals surface area contributed by atoms with Crippen molar-refractivity contribution in [3.63, 3.8) is 0 Å². The van der Waals surface area contributed by atoms with E-state index in [0.29, 0.717) is 6.54 Å². The molecule has 19 heavy (non-hydrogen) atoms. The van der Waals surface area contributed by atoms with E-state index in [4.69, 9.17) is 16.3 Å². The first kappa shape index (κ1) is 16.5. The number of carbonyl (C=O) groups excluding carboxylic acids is 1. The molecule has 0 heterocycles. The van der Waals surface area contributed by atoms with E-state index in [9.17, 15) is 13.2 Å². The second-order valence-electron chi connectivity index (χ2n) is 5.03. The lowest BCUT2D eigenvalue weighted by atomic mass is 9.89. The van der Waals surface area contributed by atoms with Gasteiger partial charge in [0.25, 0.3) is 0 Å². The Morgan fingerprint density at radius 2 is 1.89 bits per heavy atom. The molecule has 0 saturated heterocycles. The fraction of sp³-hybridized carbons (Fsp3) is 0.909.